The zero-order valence-corrected chi connectivity index (χ0v) is 21.4. The van der Waals surface area contributed by atoms with Crippen molar-refractivity contribution in [1.82, 2.24) is 0 Å². The fourth-order valence-electron chi connectivity index (χ4n) is 4.60. The molecule has 2 saturated heterocycles. The van der Waals surface area contributed by atoms with Crippen LogP contribution in [0.5, 0.6) is 0 Å². The van der Waals surface area contributed by atoms with Gasteiger partial charge in [0, 0.05) is 12.7 Å². The van der Waals surface area contributed by atoms with Gasteiger partial charge in [-0.1, -0.05) is 91.0 Å². The maximum Gasteiger partial charge on any atom is 0.186 e. The first-order valence-electron chi connectivity index (χ1n) is 12.8. The van der Waals surface area contributed by atoms with Crippen LogP contribution in [0.1, 0.15) is 23.0 Å². The Morgan fingerprint density at radius 3 is 1.82 bits per heavy atom. The van der Waals surface area contributed by atoms with Crippen LogP contribution in [0.4, 0.5) is 0 Å². The van der Waals surface area contributed by atoms with Crippen LogP contribution in [0.3, 0.4) is 0 Å². The lowest BCUT2D eigenvalue weighted by Gasteiger charge is -2.48. The molecule has 3 aromatic carbocycles. The van der Waals surface area contributed by atoms with Crippen molar-refractivity contribution < 1.29 is 37.9 Å². The van der Waals surface area contributed by atoms with E-state index < -0.39 is 37.0 Å². The quantitative estimate of drug-likeness (QED) is 0.253. The second-order valence-corrected chi connectivity index (χ2v) is 9.12. The van der Waals surface area contributed by atoms with Crippen molar-refractivity contribution in [3.05, 3.63) is 108 Å². The minimum absolute atomic E-state index is 0.0313. The molecule has 0 radical (unpaired) electrons. The first kappa shape index (κ1) is 26.9. The highest BCUT2D eigenvalue weighted by atomic mass is 16.8. The number of ether oxygens (including phenoxy) is 8. The third-order valence-electron chi connectivity index (χ3n) is 6.50. The Hall–Kier alpha value is -2.66. The number of hydrogen-bond acceptors (Lipinski definition) is 8. The fourth-order valence-corrected chi connectivity index (χ4v) is 4.60. The molecule has 8 heteroatoms. The number of benzene rings is 3. The molecule has 0 aromatic heterocycles. The summed E-state index contributed by atoms with van der Waals surface area (Å²) in [6, 6.07) is 29.7. The van der Waals surface area contributed by atoms with E-state index in [0.717, 1.165) is 16.7 Å². The molecule has 0 bridgehead atoms. The highest BCUT2D eigenvalue weighted by Gasteiger charge is 2.51. The largest absolute Gasteiger partial charge is 0.353 e. The average molecular weight is 523 g/mol. The molecule has 0 saturated carbocycles. The number of methoxy groups -OCH3 is 1. The van der Waals surface area contributed by atoms with Crippen LogP contribution in [0.2, 0.25) is 0 Å². The molecule has 8 nitrogen and oxygen atoms in total. The Balaban J connectivity index is 1.26. The molecule has 2 fully saturated rings. The first-order chi connectivity index (χ1) is 18.8. The second-order valence-electron chi connectivity index (χ2n) is 9.12. The van der Waals surface area contributed by atoms with Gasteiger partial charge >= 0.3 is 0 Å². The van der Waals surface area contributed by atoms with E-state index >= 15 is 0 Å². The lowest BCUT2D eigenvalue weighted by Crippen LogP contribution is -2.63. The van der Waals surface area contributed by atoms with Gasteiger partial charge in [-0.25, -0.2) is 0 Å². The third-order valence-corrected chi connectivity index (χ3v) is 6.50. The first-order valence-corrected chi connectivity index (χ1v) is 12.8. The summed E-state index contributed by atoms with van der Waals surface area (Å²) in [6.45, 7) is 1.25. The van der Waals surface area contributed by atoms with Crippen molar-refractivity contribution in [2.45, 2.75) is 50.2 Å². The van der Waals surface area contributed by atoms with Gasteiger partial charge in [0.1, 0.15) is 38.0 Å². The van der Waals surface area contributed by atoms with Crippen LogP contribution in [-0.4, -0.2) is 58.0 Å². The van der Waals surface area contributed by atoms with Crippen LogP contribution in [0.15, 0.2) is 91.0 Å². The van der Waals surface area contributed by atoms with Gasteiger partial charge in [0.15, 0.2) is 12.6 Å². The molecule has 6 atom stereocenters. The van der Waals surface area contributed by atoms with Crippen molar-refractivity contribution in [3.63, 3.8) is 0 Å². The maximum absolute atomic E-state index is 6.40. The van der Waals surface area contributed by atoms with Crippen LogP contribution in [0.25, 0.3) is 0 Å². The van der Waals surface area contributed by atoms with Gasteiger partial charge in [0.25, 0.3) is 0 Å². The van der Waals surface area contributed by atoms with Crippen molar-refractivity contribution in [1.29, 1.82) is 0 Å². The number of hydrogen-bond donors (Lipinski definition) is 0. The molecule has 202 valence electrons. The molecule has 0 spiro atoms. The third kappa shape index (κ3) is 7.05. The molecule has 2 aliphatic heterocycles. The lowest BCUT2D eigenvalue weighted by atomic mass is 9.97. The molecule has 0 amide bonds. The van der Waals surface area contributed by atoms with Gasteiger partial charge in [0.2, 0.25) is 0 Å². The number of rotatable bonds is 12. The summed E-state index contributed by atoms with van der Waals surface area (Å²) in [5, 5.41) is 0. The molecule has 2 heterocycles. The van der Waals surface area contributed by atoms with Crippen LogP contribution in [0, 0.1) is 0 Å². The van der Waals surface area contributed by atoms with Crippen LogP contribution in [-0.2, 0) is 51.1 Å². The molecule has 0 unspecified atom stereocenters. The highest BCUT2D eigenvalue weighted by molar-refractivity contribution is 5.17. The molecule has 0 N–H and O–H groups in total. The van der Waals surface area contributed by atoms with Gasteiger partial charge < -0.3 is 37.9 Å². The Bertz CT molecular complexity index is 1070. The summed E-state index contributed by atoms with van der Waals surface area (Å²) in [5.41, 5.74) is 3.03. The van der Waals surface area contributed by atoms with E-state index in [4.69, 9.17) is 37.9 Å². The minimum Gasteiger partial charge on any atom is -0.353 e. The van der Waals surface area contributed by atoms with E-state index in [1.165, 1.54) is 0 Å². The Kier molecular flexibility index (Phi) is 9.87. The van der Waals surface area contributed by atoms with Crippen molar-refractivity contribution in [3.8, 4) is 0 Å². The van der Waals surface area contributed by atoms with Gasteiger partial charge in [-0.3, -0.25) is 0 Å². The zero-order valence-electron chi connectivity index (χ0n) is 21.4. The Morgan fingerprint density at radius 1 is 0.684 bits per heavy atom. The second kappa shape index (κ2) is 13.9. The summed E-state index contributed by atoms with van der Waals surface area (Å²) in [7, 11) is 1.58. The standard InChI is InChI=1S/C30H34O8/c1-31-30-28(36-21-33-18-23-13-7-3-8-14-23)27(35-20-32-17-22-11-5-2-6-12-22)26-25(37-30)19-34-29(38-26)24-15-9-4-10-16-24/h2-16,25-30H,17-21H2,1H3/t25-,26+,27-,28+,29+,30+/m1/s1. The van der Waals surface area contributed by atoms with Crippen LogP contribution < -0.4 is 0 Å². The topological polar surface area (TPSA) is 73.8 Å². The van der Waals surface area contributed by atoms with E-state index in [0.29, 0.717) is 19.8 Å². The highest BCUT2D eigenvalue weighted by Crippen LogP contribution is 2.36. The average Bonchev–Trinajstić information content (AvgIpc) is 2.99. The maximum atomic E-state index is 6.40. The van der Waals surface area contributed by atoms with Gasteiger partial charge in [-0.15, -0.1) is 0 Å². The van der Waals surface area contributed by atoms with Gasteiger partial charge in [0.05, 0.1) is 19.8 Å². The smallest absolute Gasteiger partial charge is 0.186 e. The van der Waals surface area contributed by atoms with E-state index in [1.54, 1.807) is 7.11 Å². The Labute approximate surface area is 223 Å². The summed E-state index contributed by atoms with van der Waals surface area (Å²) in [4.78, 5) is 0. The predicted octanol–water partition coefficient (Wildman–Crippen LogP) is 4.59. The normalized spacial score (nSPS) is 27.1. The van der Waals surface area contributed by atoms with Crippen molar-refractivity contribution in [2.75, 3.05) is 27.3 Å². The SMILES string of the molecule is CO[C@H]1O[C@@H]2CO[C@H](c3ccccc3)O[C@@H]2[C@@H](OCOCc2ccccc2)[C@@H]1OCOCc1ccccc1. The van der Waals surface area contributed by atoms with Crippen molar-refractivity contribution >= 4 is 0 Å². The summed E-state index contributed by atoms with van der Waals surface area (Å²) in [6.07, 6.45) is -3.29. The van der Waals surface area contributed by atoms with Crippen molar-refractivity contribution in [2.24, 2.45) is 0 Å². The van der Waals surface area contributed by atoms with E-state index in [1.807, 2.05) is 91.0 Å². The van der Waals surface area contributed by atoms with Gasteiger partial charge in [-0.2, -0.15) is 0 Å². The molecule has 5 rings (SSSR count). The predicted molar refractivity (Wildman–Crippen MR) is 138 cm³/mol. The Morgan fingerprint density at radius 2 is 1.24 bits per heavy atom. The van der Waals surface area contributed by atoms with Gasteiger partial charge in [-0.05, 0) is 11.1 Å². The van der Waals surface area contributed by atoms with E-state index in [2.05, 4.69) is 0 Å². The molecule has 38 heavy (non-hydrogen) atoms. The minimum atomic E-state index is -0.698. The van der Waals surface area contributed by atoms with E-state index in [-0.39, 0.29) is 13.6 Å². The monoisotopic (exact) mass is 522 g/mol. The van der Waals surface area contributed by atoms with Crippen LogP contribution >= 0.6 is 0 Å². The summed E-state index contributed by atoms with van der Waals surface area (Å²) < 4.78 is 48.3. The molecular weight excluding hydrogens is 488 g/mol. The number of fused-ring (bicyclic) bond motifs is 1. The molecule has 3 aromatic rings. The molecular formula is C30H34O8. The lowest BCUT2D eigenvalue weighted by molar-refractivity contribution is -0.377. The zero-order chi connectivity index (χ0) is 26.0. The fraction of sp³-hybridized carbons (Fsp3) is 0.400. The molecule has 2 aliphatic rings. The summed E-state index contributed by atoms with van der Waals surface area (Å²) >= 11 is 0. The van der Waals surface area contributed by atoms with E-state index in [9.17, 15) is 0 Å². The summed E-state index contributed by atoms with van der Waals surface area (Å²) in [5.74, 6) is 0. The molecule has 0 aliphatic carbocycles.